The summed E-state index contributed by atoms with van der Waals surface area (Å²) in [5, 5.41) is 25.7. The van der Waals surface area contributed by atoms with Gasteiger partial charge in [0.1, 0.15) is 6.04 Å². The average molecular weight is 415 g/mol. The van der Waals surface area contributed by atoms with Crippen molar-refractivity contribution < 1.29 is 9.72 Å². The first kappa shape index (κ1) is 20.4. The molecule has 3 aromatic rings. The summed E-state index contributed by atoms with van der Waals surface area (Å²) in [5.41, 5.74) is 2.10. The predicted octanol–water partition coefficient (Wildman–Crippen LogP) is 4.22. The van der Waals surface area contributed by atoms with Crippen molar-refractivity contribution in [3.63, 3.8) is 0 Å². The monoisotopic (exact) mass is 414 g/mol. The first-order valence-corrected chi connectivity index (χ1v) is 9.28. The number of carbonyl (C=O) groups excluding carboxylic acids is 1. The van der Waals surface area contributed by atoms with Crippen molar-refractivity contribution in [2.75, 3.05) is 5.32 Å². The topological polar surface area (TPSA) is 116 Å². The molecule has 0 saturated heterocycles. The van der Waals surface area contributed by atoms with Gasteiger partial charge in [0.05, 0.1) is 15.6 Å². The Morgan fingerprint density at radius 2 is 1.86 bits per heavy atom. The van der Waals surface area contributed by atoms with Crippen molar-refractivity contribution in [2.24, 2.45) is 0 Å². The highest BCUT2D eigenvalue weighted by Crippen LogP contribution is 2.27. The number of rotatable bonds is 6. The van der Waals surface area contributed by atoms with Gasteiger partial charge in [-0.15, -0.1) is 10.2 Å². The Morgan fingerprint density at radius 3 is 2.45 bits per heavy atom. The van der Waals surface area contributed by atoms with Gasteiger partial charge in [-0.2, -0.15) is 4.80 Å². The van der Waals surface area contributed by atoms with Crippen molar-refractivity contribution in [1.29, 1.82) is 0 Å². The van der Waals surface area contributed by atoms with Gasteiger partial charge in [-0.25, -0.2) is 0 Å². The highest BCUT2D eigenvalue weighted by molar-refractivity contribution is 6.34. The number of hydrogen-bond donors (Lipinski definition) is 1. The predicted molar refractivity (Wildman–Crippen MR) is 109 cm³/mol. The van der Waals surface area contributed by atoms with Gasteiger partial charge < -0.3 is 5.32 Å². The summed E-state index contributed by atoms with van der Waals surface area (Å²) < 4.78 is 0. The summed E-state index contributed by atoms with van der Waals surface area (Å²) >= 11 is 6.02. The third-order valence-electron chi connectivity index (χ3n) is 4.41. The summed E-state index contributed by atoms with van der Waals surface area (Å²) in [4.78, 5) is 23.9. The Hall–Kier alpha value is -3.33. The van der Waals surface area contributed by atoms with Crippen LogP contribution >= 0.6 is 11.6 Å². The van der Waals surface area contributed by atoms with E-state index in [4.69, 9.17) is 11.6 Å². The number of non-ortho nitro benzene ring substituents is 1. The van der Waals surface area contributed by atoms with E-state index in [0.29, 0.717) is 11.7 Å². The summed E-state index contributed by atoms with van der Waals surface area (Å²) in [6.45, 7) is 5.84. The highest BCUT2D eigenvalue weighted by atomic mass is 35.5. The Labute approximate surface area is 171 Å². The average Bonchev–Trinajstić information content (AvgIpc) is 3.19. The number of tetrazole rings is 1. The molecule has 0 unspecified atom stereocenters. The zero-order valence-electron chi connectivity index (χ0n) is 16.0. The molecule has 2 aromatic carbocycles. The lowest BCUT2D eigenvalue weighted by Crippen LogP contribution is -2.25. The molecule has 150 valence electrons. The molecule has 0 bridgehead atoms. The normalized spacial score (nSPS) is 12.0. The molecule has 29 heavy (non-hydrogen) atoms. The number of nitrogens with one attached hydrogen (secondary N) is 1. The van der Waals surface area contributed by atoms with E-state index in [1.54, 1.807) is 6.92 Å². The molecular weight excluding hydrogens is 396 g/mol. The molecule has 1 aromatic heterocycles. The molecule has 3 rings (SSSR count). The summed E-state index contributed by atoms with van der Waals surface area (Å²) in [7, 11) is 0. The van der Waals surface area contributed by atoms with Crippen LogP contribution in [0.3, 0.4) is 0 Å². The third-order valence-corrected chi connectivity index (χ3v) is 4.72. The molecule has 9 nitrogen and oxygen atoms in total. The number of hydrogen-bond acceptors (Lipinski definition) is 6. The van der Waals surface area contributed by atoms with E-state index in [0.717, 1.165) is 5.56 Å². The standard InChI is InChI=1S/C19H19ClN6O3/c1-11(2)13-4-6-14(7-5-13)18-22-24-25(23-18)12(3)19(27)21-17-9-8-15(26(28)29)10-16(17)20/h4-12H,1-3H3,(H,21,27)/t12-/m0/s1. The minimum Gasteiger partial charge on any atom is -0.323 e. The van der Waals surface area contributed by atoms with E-state index < -0.39 is 16.9 Å². The number of benzene rings is 2. The van der Waals surface area contributed by atoms with Gasteiger partial charge in [0.15, 0.2) is 0 Å². The van der Waals surface area contributed by atoms with Crippen LogP contribution in [0.4, 0.5) is 11.4 Å². The molecule has 1 N–H and O–H groups in total. The molecule has 0 radical (unpaired) electrons. The van der Waals surface area contributed by atoms with Gasteiger partial charge in [-0.1, -0.05) is 49.7 Å². The fourth-order valence-corrected chi connectivity index (χ4v) is 2.80. The van der Waals surface area contributed by atoms with Crippen molar-refractivity contribution in [1.82, 2.24) is 20.2 Å². The van der Waals surface area contributed by atoms with E-state index in [1.807, 2.05) is 24.3 Å². The molecule has 0 fully saturated rings. The van der Waals surface area contributed by atoms with Crippen LogP contribution in [-0.2, 0) is 4.79 Å². The van der Waals surface area contributed by atoms with Gasteiger partial charge in [-0.3, -0.25) is 14.9 Å². The number of nitro benzene ring substituents is 1. The van der Waals surface area contributed by atoms with E-state index >= 15 is 0 Å². The summed E-state index contributed by atoms with van der Waals surface area (Å²) in [6.07, 6.45) is 0. The van der Waals surface area contributed by atoms with E-state index in [9.17, 15) is 14.9 Å². The largest absolute Gasteiger partial charge is 0.323 e. The zero-order valence-corrected chi connectivity index (χ0v) is 16.8. The summed E-state index contributed by atoms with van der Waals surface area (Å²) in [6, 6.07) is 10.9. The fourth-order valence-electron chi connectivity index (χ4n) is 2.58. The Morgan fingerprint density at radius 1 is 1.17 bits per heavy atom. The van der Waals surface area contributed by atoms with Gasteiger partial charge in [0, 0.05) is 17.7 Å². The van der Waals surface area contributed by atoms with Gasteiger partial charge in [0.2, 0.25) is 5.82 Å². The Kier molecular flexibility index (Phi) is 5.88. The smallest absolute Gasteiger partial charge is 0.271 e. The second kappa shape index (κ2) is 8.36. The molecule has 1 amide bonds. The van der Waals surface area contributed by atoms with Crippen LogP contribution in [-0.4, -0.2) is 31.0 Å². The van der Waals surface area contributed by atoms with E-state index in [2.05, 4.69) is 34.6 Å². The maximum Gasteiger partial charge on any atom is 0.271 e. The zero-order chi connectivity index (χ0) is 21.1. The third kappa shape index (κ3) is 4.57. The molecule has 0 aliphatic heterocycles. The van der Waals surface area contributed by atoms with Crippen LogP contribution < -0.4 is 5.32 Å². The number of nitrogens with zero attached hydrogens (tertiary/aromatic N) is 5. The number of anilines is 1. The minimum absolute atomic E-state index is 0.0669. The molecule has 0 aliphatic rings. The molecule has 0 saturated carbocycles. The number of halogens is 1. The lowest BCUT2D eigenvalue weighted by atomic mass is 10.0. The molecule has 0 spiro atoms. The number of carbonyl (C=O) groups is 1. The molecule has 10 heteroatoms. The van der Waals surface area contributed by atoms with Crippen molar-refractivity contribution in [3.05, 3.63) is 63.2 Å². The lowest BCUT2D eigenvalue weighted by molar-refractivity contribution is -0.384. The molecule has 1 atom stereocenters. The second-order valence-electron chi connectivity index (χ2n) is 6.80. The first-order valence-electron chi connectivity index (χ1n) is 8.91. The molecule has 1 heterocycles. The minimum atomic E-state index is -0.766. The first-order chi connectivity index (χ1) is 13.8. The quantitative estimate of drug-likeness (QED) is 0.476. The number of nitro groups is 1. The van der Waals surface area contributed by atoms with Crippen LogP contribution in [0.5, 0.6) is 0 Å². The van der Waals surface area contributed by atoms with Crippen LogP contribution in [0.2, 0.25) is 5.02 Å². The Bertz CT molecular complexity index is 1050. The van der Waals surface area contributed by atoms with Crippen molar-refractivity contribution in [2.45, 2.75) is 32.7 Å². The maximum absolute atomic E-state index is 12.5. The number of aromatic nitrogens is 4. The molecular formula is C19H19ClN6O3. The highest BCUT2D eigenvalue weighted by Gasteiger charge is 2.20. The van der Waals surface area contributed by atoms with Gasteiger partial charge >= 0.3 is 0 Å². The molecule has 0 aliphatic carbocycles. The lowest BCUT2D eigenvalue weighted by Gasteiger charge is -2.11. The van der Waals surface area contributed by atoms with Crippen molar-refractivity contribution in [3.8, 4) is 11.4 Å². The van der Waals surface area contributed by atoms with Gasteiger partial charge in [-0.05, 0) is 29.7 Å². The second-order valence-corrected chi connectivity index (χ2v) is 7.20. The van der Waals surface area contributed by atoms with Gasteiger partial charge in [0.25, 0.3) is 11.6 Å². The van der Waals surface area contributed by atoms with Crippen LogP contribution in [0, 0.1) is 10.1 Å². The van der Waals surface area contributed by atoms with E-state index in [-0.39, 0.29) is 16.4 Å². The SMILES string of the molecule is CC(C)c1ccc(-c2nnn([C@@H](C)C(=O)Nc3ccc([N+](=O)[O-])cc3Cl)n2)cc1. The van der Waals surface area contributed by atoms with Crippen molar-refractivity contribution >= 4 is 28.9 Å². The fraction of sp³-hybridized carbons (Fsp3) is 0.263. The van der Waals surface area contributed by atoms with E-state index in [1.165, 1.54) is 28.6 Å². The summed E-state index contributed by atoms with van der Waals surface area (Å²) in [5.74, 6) is 0.399. The Balaban J connectivity index is 1.73. The van der Waals surface area contributed by atoms with Crippen LogP contribution in [0.15, 0.2) is 42.5 Å². The number of amides is 1. The van der Waals surface area contributed by atoms with Crippen LogP contribution in [0.25, 0.3) is 11.4 Å². The van der Waals surface area contributed by atoms with Crippen LogP contribution in [0.1, 0.15) is 38.3 Å². The maximum atomic E-state index is 12.5.